The summed E-state index contributed by atoms with van der Waals surface area (Å²) in [7, 11) is 0. The van der Waals surface area contributed by atoms with E-state index in [1.165, 1.54) is 28.8 Å². The van der Waals surface area contributed by atoms with Crippen molar-refractivity contribution in [1.29, 1.82) is 0 Å². The van der Waals surface area contributed by atoms with Gasteiger partial charge in [-0.1, -0.05) is 37.8 Å². The second-order valence-corrected chi connectivity index (χ2v) is 7.52. The van der Waals surface area contributed by atoms with Gasteiger partial charge in [0.25, 0.3) is 0 Å². The third-order valence-electron chi connectivity index (χ3n) is 5.36. The van der Waals surface area contributed by atoms with E-state index in [1.807, 2.05) is 26.8 Å². The molecule has 1 heterocycles. The second kappa shape index (κ2) is 7.84. The van der Waals surface area contributed by atoms with E-state index in [1.54, 1.807) is 6.07 Å². The summed E-state index contributed by atoms with van der Waals surface area (Å²) in [6, 6.07) is 11.1. The standard InChI is InChI=1S/C22H22FNO.C2H6/c1-15-17(7-6-16-4-3-5-18(23)12-16)8-9-20-19(15)10-11-21(20)24-13-22(2,25)14-24;1-2/h3-5,8-9,12,21,25H,10-11,13-14H2,1-2H3;1-2H3. The van der Waals surface area contributed by atoms with Crippen molar-refractivity contribution in [2.75, 3.05) is 13.1 Å². The van der Waals surface area contributed by atoms with Gasteiger partial charge in [0, 0.05) is 30.3 Å². The van der Waals surface area contributed by atoms with Crippen LogP contribution in [0.4, 0.5) is 4.39 Å². The Labute approximate surface area is 162 Å². The van der Waals surface area contributed by atoms with Gasteiger partial charge in [0.1, 0.15) is 5.82 Å². The molecule has 3 heteroatoms. The first-order valence-corrected chi connectivity index (χ1v) is 9.79. The van der Waals surface area contributed by atoms with Gasteiger partial charge in [-0.25, -0.2) is 4.39 Å². The van der Waals surface area contributed by atoms with Crippen molar-refractivity contribution in [3.63, 3.8) is 0 Å². The first-order chi connectivity index (χ1) is 12.9. The van der Waals surface area contributed by atoms with Crippen LogP contribution in [0.5, 0.6) is 0 Å². The lowest BCUT2D eigenvalue weighted by molar-refractivity contribution is -0.103. The Kier molecular flexibility index (Phi) is 5.69. The molecule has 1 atom stereocenters. The molecule has 0 spiro atoms. The summed E-state index contributed by atoms with van der Waals surface area (Å²) in [6.45, 7) is 9.52. The predicted molar refractivity (Wildman–Crippen MR) is 108 cm³/mol. The molecule has 1 unspecified atom stereocenters. The molecule has 27 heavy (non-hydrogen) atoms. The van der Waals surface area contributed by atoms with Crippen LogP contribution in [-0.2, 0) is 6.42 Å². The molecule has 1 saturated heterocycles. The number of hydrogen-bond donors (Lipinski definition) is 1. The number of fused-ring (bicyclic) bond motifs is 1. The number of aliphatic hydroxyl groups is 1. The third-order valence-corrected chi connectivity index (χ3v) is 5.36. The van der Waals surface area contributed by atoms with Crippen molar-refractivity contribution in [3.8, 4) is 11.8 Å². The van der Waals surface area contributed by atoms with Crippen LogP contribution in [-0.4, -0.2) is 28.7 Å². The topological polar surface area (TPSA) is 23.5 Å². The van der Waals surface area contributed by atoms with E-state index >= 15 is 0 Å². The number of nitrogens with zero attached hydrogens (tertiary/aromatic N) is 1. The van der Waals surface area contributed by atoms with Crippen molar-refractivity contribution in [3.05, 3.63) is 70.0 Å². The number of rotatable bonds is 1. The Morgan fingerprint density at radius 3 is 2.56 bits per heavy atom. The molecule has 1 fully saturated rings. The number of hydrogen-bond acceptors (Lipinski definition) is 2. The van der Waals surface area contributed by atoms with Gasteiger partial charge >= 0.3 is 0 Å². The van der Waals surface area contributed by atoms with Crippen LogP contribution in [0.2, 0.25) is 0 Å². The summed E-state index contributed by atoms with van der Waals surface area (Å²) >= 11 is 0. The Balaban J connectivity index is 0.00000102. The van der Waals surface area contributed by atoms with Crippen LogP contribution in [0.1, 0.15) is 61.1 Å². The number of β-amino-alcohol motifs (C(OH)–C–C–N with tert-alkyl or cyclic N) is 1. The lowest BCUT2D eigenvalue weighted by atomic mass is 9.91. The summed E-state index contributed by atoms with van der Waals surface area (Å²) < 4.78 is 13.3. The molecule has 0 saturated carbocycles. The molecule has 0 bridgehead atoms. The Hall–Kier alpha value is -2.15. The number of halogens is 1. The average molecular weight is 365 g/mol. The lowest BCUT2D eigenvalue weighted by Crippen LogP contribution is -2.60. The van der Waals surface area contributed by atoms with E-state index in [4.69, 9.17) is 0 Å². The Morgan fingerprint density at radius 1 is 1.15 bits per heavy atom. The molecule has 2 nitrogen and oxygen atoms in total. The van der Waals surface area contributed by atoms with Crippen molar-refractivity contribution >= 4 is 0 Å². The molecule has 142 valence electrons. The minimum atomic E-state index is -0.534. The third kappa shape index (κ3) is 4.08. The van der Waals surface area contributed by atoms with E-state index in [0.29, 0.717) is 11.6 Å². The van der Waals surface area contributed by atoms with Crippen LogP contribution in [0.3, 0.4) is 0 Å². The second-order valence-electron chi connectivity index (χ2n) is 7.52. The molecule has 2 aliphatic rings. The molecule has 2 aromatic rings. The van der Waals surface area contributed by atoms with Crippen molar-refractivity contribution in [2.45, 2.75) is 52.2 Å². The van der Waals surface area contributed by atoms with Crippen molar-refractivity contribution < 1.29 is 9.50 Å². The summed E-state index contributed by atoms with van der Waals surface area (Å²) in [5.41, 5.74) is 5.18. The van der Waals surface area contributed by atoms with Crippen LogP contribution in [0.25, 0.3) is 0 Å². The average Bonchev–Trinajstić information content (AvgIpc) is 3.05. The summed E-state index contributed by atoms with van der Waals surface area (Å²) in [6.07, 6.45) is 2.16. The van der Waals surface area contributed by atoms with Gasteiger partial charge in [0.05, 0.1) is 5.60 Å². The molecule has 0 aromatic heterocycles. The molecule has 0 radical (unpaired) electrons. The van der Waals surface area contributed by atoms with Gasteiger partial charge in [-0.3, -0.25) is 4.90 Å². The maximum atomic E-state index is 13.3. The fourth-order valence-corrected chi connectivity index (χ4v) is 4.13. The highest BCUT2D eigenvalue weighted by Crippen LogP contribution is 2.41. The zero-order valence-corrected chi connectivity index (χ0v) is 16.6. The van der Waals surface area contributed by atoms with E-state index in [9.17, 15) is 9.50 Å². The van der Waals surface area contributed by atoms with E-state index in [-0.39, 0.29) is 5.82 Å². The Bertz CT molecular complexity index is 883. The van der Waals surface area contributed by atoms with E-state index in [2.05, 4.69) is 35.8 Å². The zero-order chi connectivity index (χ0) is 19.6. The number of benzene rings is 2. The van der Waals surface area contributed by atoms with Crippen LogP contribution in [0, 0.1) is 24.6 Å². The molecule has 4 rings (SSSR count). The summed E-state index contributed by atoms with van der Waals surface area (Å²) in [5, 5.41) is 10.0. The summed E-state index contributed by atoms with van der Waals surface area (Å²) in [5.74, 6) is 6.01. The van der Waals surface area contributed by atoms with Gasteiger partial charge in [-0.2, -0.15) is 0 Å². The predicted octanol–water partition coefficient (Wildman–Crippen LogP) is 4.61. The van der Waals surface area contributed by atoms with Crippen LogP contribution in [0.15, 0.2) is 36.4 Å². The molecule has 0 amide bonds. The molecule has 1 aliphatic carbocycles. The fourth-order valence-electron chi connectivity index (χ4n) is 4.13. The maximum absolute atomic E-state index is 13.3. The SMILES string of the molecule is CC.Cc1c(C#Cc2cccc(F)c2)ccc2c1CCC2N1CC(C)(O)C1. The van der Waals surface area contributed by atoms with E-state index in [0.717, 1.165) is 31.5 Å². The summed E-state index contributed by atoms with van der Waals surface area (Å²) in [4.78, 5) is 2.36. The lowest BCUT2D eigenvalue weighted by Gasteiger charge is -2.47. The highest BCUT2D eigenvalue weighted by Gasteiger charge is 2.42. The van der Waals surface area contributed by atoms with Gasteiger partial charge in [-0.05, 0) is 67.6 Å². The van der Waals surface area contributed by atoms with Gasteiger partial charge < -0.3 is 5.11 Å². The quantitative estimate of drug-likeness (QED) is 0.746. The molecule has 2 aromatic carbocycles. The molecular formula is C24H28FNO. The fraction of sp³-hybridized carbons (Fsp3) is 0.417. The van der Waals surface area contributed by atoms with Gasteiger partial charge in [0.15, 0.2) is 0 Å². The van der Waals surface area contributed by atoms with E-state index < -0.39 is 5.60 Å². The Morgan fingerprint density at radius 2 is 1.89 bits per heavy atom. The highest BCUT2D eigenvalue weighted by molar-refractivity contribution is 5.53. The van der Waals surface area contributed by atoms with Crippen LogP contribution >= 0.6 is 0 Å². The zero-order valence-electron chi connectivity index (χ0n) is 16.6. The highest BCUT2D eigenvalue weighted by atomic mass is 19.1. The number of likely N-dealkylation sites (tertiary alicyclic amines) is 1. The van der Waals surface area contributed by atoms with Gasteiger partial charge in [-0.15, -0.1) is 0 Å². The first kappa shape index (κ1) is 19.6. The molecule has 1 N–H and O–H groups in total. The van der Waals surface area contributed by atoms with Crippen molar-refractivity contribution in [1.82, 2.24) is 4.90 Å². The van der Waals surface area contributed by atoms with Crippen molar-refractivity contribution in [2.24, 2.45) is 0 Å². The largest absolute Gasteiger partial charge is 0.388 e. The first-order valence-electron chi connectivity index (χ1n) is 9.79. The minimum Gasteiger partial charge on any atom is -0.388 e. The molecule has 1 aliphatic heterocycles. The van der Waals surface area contributed by atoms with Gasteiger partial charge in [0.2, 0.25) is 0 Å². The van der Waals surface area contributed by atoms with Crippen LogP contribution < -0.4 is 0 Å². The minimum absolute atomic E-state index is 0.259. The normalized spacial score (nSPS) is 19.9. The monoisotopic (exact) mass is 365 g/mol. The maximum Gasteiger partial charge on any atom is 0.124 e. The molecular weight excluding hydrogens is 337 g/mol. The smallest absolute Gasteiger partial charge is 0.124 e.